The molecule has 2 heterocycles. The van der Waals surface area contributed by atoms with Crippen molar-refractivity contribution in [3.05, 3.63) is 18.0 Å². The number of hydrogen-bond donors (Lipinski definition) is 1. The Morgan fingerprint density at radius 2 is 2.08 bits per heavy atom. The van der Waals surface area contributed by atoms with Crippen molar-refractivity contribution < 1.29 is 4.79 Å². The minimum Gasteiger partial charge on any atom is -0.361 e. The molecule has 0 radical (unpaired) electrons. The van der Waals surface area contributed by atoms with Crippen molar-refractivity contribution in [2.45, 2.75) is 46.1 Å². The van der Waals surface area contributed by atoms with Gasteiger partial charge >= 0.3 is 0 Å². The largest absolute Gasteiger partial charge is 0.361 e. The Labute approximate surface area is 142 Å². The van der Waals surface area contributed by atoms with Gasteiger partial charge in [-0.2, -0.15) is 4.52 Å². The summed E-state index contributed by atoms with van der Waals surface area (Å²) in [5, 5.41) is 15.9. The van der Waals surface area contributed by atoms with Crippen LogP contribution < -0.4 is 10.2 Å². The SMILES string of the molecule is CC(C)CC1(C(=O)NCc2nnc3ccc(N(C)C)nn23)CCC1. The highest BCUT2D eigenvalue weighted by molar-refractivity contribution is 5.83. The van der Waals surface area contributed by atoms with Crippen LogP contribution in [-0.2, 0) is 11.3 Å². The van der Waals surface area contributed by atoms with Crippen LogP contribution in [0.1, 0.15) is 45.4 Å². The quantitative estimate of drug-likeness (QED) is 0.877. The second kappa shape index (κ2) is 6.37. The van der Waals surface area contributed by atoms with Crippen LogP contribution in [0.4, 0.5) is 5.82 Å². The van der Waals surface area contributed by atoms with Crippen molar-refractivity contribution in [1.29, 1.82) is 0 Å². The summed E-state index contributed by atoms with van der Waals surface area (Å²) in [7, 11) is 3.87. The van der Waals surface area contributed by atoms with E-state index in [0.29, 0.717) is 23.9 Å². The summed E-state index contributed by atoms with van der Waals surface area (Å²) in [6, 6.07) is 3.78. The van der Waals surface area contributed by atoms with Gasteiger partial charge < -0.3 is 10.2 Å². The van der Waals surface area contributed by atoms with Crippen molar-refractivity contribution in [3.63, 3.8) is 0 Å². The molecule has 1 fully saturated rings. The predicted molar refractivity (Wildman–Crippen MR) is 92.7 cm³/mol. The second-order valence-electron chi connectivity index (χ2n) is 7.39. The van der Waals surface area contributed by atoms with Crippen LogP contribution in [0.2, 0.25) is 0 Å². The maximum Gasteiger partial charge on any atom is 0.226 e. The first-order valence-corrected chi connectivity index (χ1v) is 8.58. The maximum atomic E-state index is 12.7. The normalized spacial score (nSPS) is 16.2. The topological polar surface area (TPSA) is 75.4 Å². The molecule has 0 unspecified atom stereocenters. The lowest BCUT2D eigenvalue weighted by atomic mass is 9.64. The number of amides is 1. The molecule has 24 heavy (non-hydrogen) atoms. The smallest absolute Gasteiger partial charge is 0.226 e. The zero-order chi connectivity index (χ0) is 17.3. The van der Waals surface area contributed by atoms with Gasteiger partial charge in [-0.15, -0.1) is 15.3 Å². The summed E-state index contributed by atoms with van der Waals surface area (Å²) in [5.74, 6) is 2.14. The molecule has 2 aromatic heterocycles. The number of nitrogens with zero attached hydrogens (tertiary/aromatic N) is 5. The number of fused-ring (bicyclic) bond motifs is 1. The molecule has 1 saturated carbocycles. The third-order valence-electron chi connectivity index (χ3n) is 4.77. The summed E-state index contributed by atoms with van der Waals surface area (Å²) < 4.78 is 1.70. The first-order valence-electron chi connectivity index (χ1n) is 8.58. The van der Waals surface area contributed by atoms with Crippen molar-refractivity contribution >= 4 is 17.4 Å². The molecule has 0 saturated heterocycles. The van der Waals surface area contributed by atoms with Crippen molar-refractivity contribution in [1.82, 2.24) is 25.1 Å². The van der Waals surface area contributed by atoms with Gasteiger partial charge in [-0.3, -0.25) is 4.79 Å². The molecule has 0 spiro atoms. The first kappa shape index (κ1) is 16.7. The summed E-state index contributed by atoms with van der Waals surface area (Å²) in [6.07, 6.45) is 4.06. The van der Waals surface area contributed by atoms with E-state index in [1.807, 2.05) is 31.1 Å². The van der Waals surface area contributed by atoms with Crippen molar-refractivity contribution in [2.75, 3.05) is 19.0 Å². The Hall–Kier alpha value is -2.18. The minimum absolute atomic E-state index is 0.142. The van der Waals surface area contributed by atoms with Gasteiger partial charge in [-0.1, -0.05) is 20.3 Å². The van der Waals surface area contributed by atoms with Gasteiger partial charge in [0.05, 0.1) is 6.54 Å². The van der Waals surface area contributed by atoms with E-state index in [-0.39, 0.29) is 11.3 Å². The van der Waals surface area contributed by atoms with Crippen LogP contribution >= 0.6 is 0 Å². The average molecular weight is 330 g/mol. The molecule has 7 nitrogen and oxygen atoms in total. The highest BCUT2D eigenvalue weighted by atomic mass is 16.2. The molecule has 0 bridgehead atoms. The highest BCUT2D eigenvalue weighted by Gasteiger charge is 2.44. The van der Waals surface area contributed by atoms with E-state index in [0.717, 1.165) is 31.5 Å². The lowest BCUT2D eigenvalue weighted by molar-refractivity contribution is -0.137. The minimum atomic E-state index is -0.184. The van der Waals surface area contributed by atoms with Crippen LogP contribution in [0.3, 0.4) is 0 Å². The van der Waals surface area contributed by atoms with Crippen LogP contribution in [0.5, 0.6) is 0 Å². The first-order chi connectivity index (χ1) is 11.4. The lowest BCUT2D eigenvalue weighted by Gasteiger charge is -2.41. The zero-order valence-electron chi connectivity index (χ0n) is 14.9. The lowest BCUT2D eigenvalue weighted by Crippen LogP contribution is -2.46. The molecule has 0 aliphatic heterocycles. The number of carbonyl (C=O) groups is 1. The Morgan fingerprint density at radius 1 is 1.33 bits per heavy atom. The third kappa shape index (κ3) is 3.07. The zero-order valence-corrected chi connectivity index (χ0v) is 14.9. The molecule has 130 valence electrons. The molecule has 1 aliphatic rings. The monoisotopic (exact) mass is 330 g/mol. The summed E-state index contributed by atoms with van der Waals surface area (Å²) >= 11 is 0. The number of aromatic nitrogens is 4. The van der Waals surface area contributed by atoms with Crippen LogP contribution in [0, 0.1) is 11.3 Å². The third-order valence-corrected chi connectivity index (χ3v) is 4.77. The fourth-order valence-corrected chi connectivity index (χ4v) is 3.43. The predicted octanol–water partition coefficient (Wildman–Crippen LogP) is 2.02. The van der Waals surface area contributed by atoms with E-state index < -0.39 is 0 Å². The molecule has 2 aromatic rings. The fraction of sp³-hybridized carbons (Fsp3) is 0.647. The number of nitrogens with one attached hydrogen (secondary N) is 1. The summed E-state index contributed by atoms with van der Waals surface area (Å²) in [5.41, 5.74) is 0.502. The summed E-state index contributed by atoms with van der Waals surface area (Å²) in [6.45, 7) is 4.70. The number of anilines is 1. The van der Waals surface area contributed by atoms with Crippen LogP contribution in [0.15, 0.2) is 12.1 Å². The molecule has 1 aliphatic carbocycles. The van der Waals surface area contributed by atoms with E-state index in [4.69, 9.17) is 0 Å². The van der Waals surface area contributed by atoms with Gasteiger partial charge in [0.15, 0.2) is 11.5 Å². The fourth-order valence-electron chi connectivity index (χ4n) is 3.43. The van der Waals surface area contributed by atoms with Gasteiger partial charge in [0.1, 0.15) is 5.82 Å². The van der Waals surface area contributed by atoms with E-state index in [9.17, 15) is 4.79 Å². The van der Waals surface area contributed by atoms with Gasteiger partial charge in [-0.25, -0.2) is 0 Å². The van der Waals surface area contributed by atoms with Gasteiger partial charge in [0.25, 0.3) is 0 Å². The highest BCUT2D eigenvalue weighted by Crippen LogP contribution is 2.46. The number of hydrogen-bond acceptors (Lipinski definition) is 5. The maximum absolute atomic E-state index is 12.7. The van der Waals surface area contributed by atoms with E-state index in [1.165, 1.54) is 0 Å². The Morgan fingerprint density at radius 3 is 2.67 bits per heavy atom. The molecule has 3 rings (SSSR count). The van der Waals surface area contributed by atoms with Crippen LogP contribution in [-0.4, -0.2) is 39.8 Å². The molecule has 0 atom stereocenters. The Kier molecular flexibility index (Phi) is 4.43. The van der Waals surface area contributed by atoms with Crippen molar-refractivity contribution in [3.8, 4) is 0 Å². The Bertz CT molecular complexity index is 732. The van der Waals surface area contributed by atoms with Gasteiger partial charge in [-0.05, 0) is 37.3 Å². The van der Waals surface area contributed by atoms with E-state index in [1.54, 1.807) is 4.52 Å². The number of carbonyl (C=O) groups excluding carboxylic acids is 1. The molecule has 7 heteroatoms. The van der Waals surface area contributed by atoms with E-state index in [2.05, 4.69) is 34.5 Å². The summed E-state index contributed by atoms with van der Waals surface area (Å²) in [4.78, 5) is 14.6. The molecular formula is C17H26N6O. The Balaban J connectivity index is 1.73. The average Bonchev–Trinajstić information content (AvgIpc) is 2.90. The van der Waals surface area contributed by atoms with Gasteiger partial charge in [0, 0.05) is 19.5 Å². The van der Waals surface area contributed by atoms with Crippen molar-refractivity contribution in [2.24, 2.45) is 11.3 Å². The second-order valence-corrected chi connectivity index (χ2v) is 7.39. The number of rotatable bonds is 6. The molecule has 0 aromatic carbocycles. The molecule has 1 amide bonds. The molecule has 1 N–H and O–H groups in total. The van der Waals surface area contributed by atoms with Crippen LogP contribution in [0.25, 0.3) is 5.65 Å². The molecular weight excluding hydrogens is 304 g/mol. The standard InChI is InChI=1S/C17H26N6O/c1-12(2)10-17(8-5-9-17)16(24)18-11-15-20-19-13-6-7-14(22(3)4)21-23(13)15/h6-7,12H,5,8-11H2,1-4H3,(H,18,24). The van der Waals surface area contributed by atoms with Gasteiger partial charge in [0.2, 0.25) is 5.91 Å². The van der Waals surface area contributed by atoms with E-state index >= 15 is 0 Å².